The normalized spacial score (nSPS) is 27.7. The molecule has 0 bridgehead atoms. The lowest BCUT2D eigenvalue weighted by atomic mass is 9.83. The smallest absolute Gasteiger partial charge is 0.227 e. The maximum atomic E-state index is 11.9. The van der Waals surface area contributed by atoms with E-state index < -0.39 is 12.4 Å². The summed E-state index contributed by atoms with van der Waals surface area (Å²) in [6.45, 7) is 0. The van der Waals surface area contributed by atoms with Crippen LogP contribution in [0.4, 0.5) is 0 Å². The summed E-state index contributed by atoms with van der Waals surface area (Å²) in [6.07, 6.45) is -0.436. The van der Waals surface area contributed by atoms with Crippen LogP contribution in [0.3, 0.4) is 0 Å². The van der Waals surface area contributed by atoms with Crippen molar-refractivity contribution < 1.29 is 19.7 Å². The number of aliphatic hydroxyl groups is 2. The van der Waals surface area contributed by atoms with Gasteiger partial charge in [-0.1, -0.05) is 24.3 Å². The predicted molar refractivity (Wildman–Crippen MR) is 59.5 cm³/mol. The first-order valence-corrected chi connectivity index (χ1v) is 5.57. The van der Waals surface area contributed by atoms with E-state index in [-0.39, 0.29) is 11.5 Å². The highest BCUT2D eigenvalue weighted by Gasteiger charge is 2.37. The van der Waals surface area contributed by atoms with Crippen LogP contribution in [-0.4, -0.2) is 22.3 Å². The summed E-state index contributed by atoms with van der Waals surface area (Å²) in [5.74, 6) is -0.576. The van der Waals surface area contributed by atoms with Gasteiger partial charge in [0.05, 0.1) is 0 Å². The second kappa shape index (κ2) is 3.68. The zero-order chi connectivity index (χ0) is 12.0. The molecule has 1 aliphatic carbocycles. The summed E-state index contributed by atoms with van der Waals surface area (Å²) < 4.78 is 5.42. The Morgan fingerprint density at radius 2 is 2.06 bits per heavy atom. The SMILES string of the molecule is O=C1C(O)=C2CC[C@@H](O)O[C@@H]2c2ccccc21. The van der Waals surface area contributed by atoms with Gasteiger partial charge in [-0.3, -0.25) is 4.79 Å². The number of ether oxygens (including phenoxy) is 1. The van der Waals surface area contributed by atoms with Crippen molar-refractivity contribution >= 4 is 5.78 Å². The van der Waals surface area contributed by atoms with Crippen molar-refractivity contribution in [2.24, 2.45) is 0 Å². The molecule has 1 aromatic rings. The van der Waals surface area contributed by atoms with Crippen LogP contribution < -0.4 is 0 Å². The third-order valence-corrected chi connectivity index (χ3v) is 3.28. The number of hydrogen-bond donors (Lipinski definition) is 2. The molecule has 17 heavy (non-hydrogen) atoms. The minimum atomic E-state index is -0.835. The molecule has 0 aromatic heterocycles. The first-order chi connectivity index (χ1) is 8.18. The van der Waals surface area contributed by atoms with E-state index in [1.54, 1.807) is 18.2 Å². The highest BCUT2D eigenvalue weighted by molar-refractivity contribution is 6.10. The lowest BCUT2D eigenvalue weighted by Crippen LogP contribution is -2.30. The molecule has 1 fully saturated rings. The van der Waals surface area contributed by atoms with Crippen LogP contribution in [0, 0.1) is 0 Å². The van der Waals surface area contributed by atoms with Gasteiger partial charge >= 0.3 is 0 Å². The predicted octanol–water partition coefficient (Wildman–Crippen LogP) is 1.86. The van der Waals surface area contributed by atoms with Gasteiger partial charge in [0.25, 0.3) is 0 Å². The number of allylic oxidation sites excluding steroid dienone is 1. The molecular formula is C13H12O4. The number of carbonyl (C=O) groups is 1. The van der Waals surface area contributed by atoms with Crippen molar-refractivity contribution in [3.05, 3.63) is 46.7 Å². The van der Waals surface area contributed by atoms with Gasteiger partial charge in [-0.05, 0) is 12.0 Å². The van der Waals surface area contributed by atoms with E-state index >= 15 is 0 Å². The number of hydrogen-bond acceptors (Lipinski definition) is 4. The Bertz CT molecular complexity index is 518. The van der Waals surface area contributed by atoms with E-state index in [1.165, 1.54) is 0 Å². The molecule has 2 atom stereocenters. The van der Waals surface area contributed by atoms with Crippen molar-refractivity contribution in [1.29, 1.82) is 0 Å². The van der Waals surface area contributed by atoms with E-state index in [4.69, 9.17) is 4.74 Å². The number of Topliss-reactive ketones (excluding diaryl/α,β-unsaturated/α-hetero) is 1. The van der Waals surface area contributed by atoms with Crippen LogP contribution >= 0.6 is 0 Å². The van der Waals surface area contributed by atoms with Crippen molar-refractivity contribution in [2.45, 2.75) is 25.2 Å². The fourth-order valence-electron chi connectivity index (χ4n) is 2.43. The number of fused-ring (bicyclic) bond motifs is 3. The maximum absolute atomic E-state index is 11.9. The van der Waals surface area contributed by atoms with Crippen molar-refractivity contribution in [3.8, 4) is 0 Å². The van der Waals surface area contributed by atoms with E-state index in [0.29, 0.717) is 24.0 Å². The Balaban J connectivity index is 2.16. The topological polar surface area (TPSA) is 66.8 Å². The largest absolute Gasteiger partial charge is 0.504 e. The second-order valence-corrected chi connectivity index (χ2v) is 4.30. The van der Waals surface area contributed by atoms with Crippen LogP contribution in [-0.2, 0) is 4.74 Å². The average molecular weight is 232 g/mol. The summed E-state index contributed by atoms with van der Waals surface area (Å²) in [5.41, 5.74) is 1.76. The first kappa shape index (κ1) is 10.5. The van der Waals surface area contributed by atoms with Crippen molar-refractivity contribution in [3.63, 3.8) is 0 Å². The van der Waals surface area contributed by atoms with Gasteiger partial charge < -0.3 is 14.9 Å². The van der Waals surface area contributed by atoms with Crippen LogP contribution in [0.25, 0.3) is 0 Å². The summed E-state index contributed by atoms with van der Waals surface area (Å²) in [4.78, 5) is 11.9. The van der Waals surface area contributed by atoms with Crippen molar-refractivity contribution in [1.82, 2.24) is 0 Å². The Hall–Kier alpha value is -1.65. The second-order valence-electron chi connectivity index (χ2n) is 4.30. The van der Waals surface area contributed by atoms with Gasteiger partial charge in [0, 0.05) is 17.6 Å². The number of rotatable bonds is 0. The molecule has 88 valence electrons. The van der Waals surface area contributed by atoms with Crippen LogP contribution in [0.2, 0.25) is 0 Å². The summed E-state index contributed by atoms with van der Waals surface area (Å²) in [7, 11) is 0. The standard InChI is InChI=1S/C13H12O4/c14-10-6-5-9-12(16)11(15)7-3-1-2-4-8(7)13(9)17-10/h1-4,10,13-14,16H,5-6H2/t10-,13+/m0/s1. The van der Waals surface area contributed by atoms with E-state index in [2.05, 4.69) is 0 Å². The van der Waals surface area contributed by atoms with Gasteiger partial charge in [0.1, 0.15) is 6.10 Å². The van der Waals surface area contributed by atoms with Gasteiger partial charge in [0.2, 0.25) is 5.78 Å². The minimum Gasteiger partial charge on any atom is -0.504 e. The Labute approximate surface area is 98.1 Å². The summed E-state index contributed by atoms with van der Waals surface area (Å²) in [6, 6.07) is 7.02. The molecule has 0 saturated carbocycles. The molecule has 0 spiro atoms. The molecule has 0 amide bonds. The fraction of sp³-hybridized carbons (Fsp3) is 0.308. The third kappa shape index (κ3) is 1.49. The van der Waals surface area contributed by atoms with Gasteiger partial charge in [-0.15, -0.1) is 0 Å². The molecule has 1 saturated heterocycles. The molecule has 2 aliphatic rings. The highest BCUT2D eigenvalue weighted by atomic mass is 16.6. The van der Waals surface area contributed by atoms with E-state index in [0.717, 1.165) is 5.56 Å². The van der Waals surface area contributed by atoms with E-state index in [9.17, 15) is 15.0 Å². The maximum Gasteiger partial charge on any atom is 0.227 e. The number of carbonyl (C=O) groups excluding carboxylic acids is 1. The van der Waals surface area contributed by atoms with Gasteiger partial charge in [0.15, 0.2) is 12.0 Å². The Morgan fingerprint density at radius 3 is 2.88 bits per heavy atom. The quantitative estimate of drug-likeness (QED) is 0.716. The zero-order valence-electron chi connectivity index (χ0n) is 9.09. The highest BCUT2D eigenvalue weighted by Crippen LogP contribution is 2.42. The average Bonchev–Trinajstić information content (AvgIpc) is 2.36. The van der Waals surface area contributed by atoms with Crippen LogP contribution in [0.5, 0.6) is 0 Å². The minimum absolute atomic E-state index is 0.222. The molecule has 1 aliphatic heterocycles. The third-order valence-electron chi connectivity index (χ3n) is 3.28. The van der Waals surface area contributed by atoms with Crippen LogP contribution in [0.1, 0.15) is 34.9 Å². The molecule has 1 aromatic carbocycles. The Kier molecular flexibility index (Phi) is 2.28. The van der Waals surface area contributed by atoms with Gasteiger partial charge in [-0.2, -0.15) is 0 Å². The summed E-state index contributed by atoms with van der Waals surface area (Å²) >= 11 is 0. The first-order valence-electron chi connectivity index (χ1n) is 5.57. The number of aliphatic hydroxyl groups excluding tert-OH is 2. The molecule has 0 unspecified atom stereocenters. The molecule has 4 nitrogen and oxygen atoms in total. The molecule has 0 radical (unpaired) electrons. The zero-order valence-corrected chi connectivity index (χ0v) is 9.09. The summed E-state index contributed by atoms with van der Waals surface area (Å²) in [5, 5.41) is 19.4. The molecule has 2 N–H and O–H groups in total. The molecule has 3 rings (SSSR count). The molecule has 4 heteroatoms. The fourth-order valence-corrected chi connectivity index (χ4v) is 2.43. The molecular weight excluding hydrogens is 220 g/mol. The Morgan fingerprint density at radius 1 is 1.29 bits per heavy atom. The number of ketones is 1. The molecule has 1 heterocycles. The number of benzene rings is 1. The van der Waals surface area contributed by atoms with E-state index in [1.807, 2.05) is 6.07 Å². The van der Waals surface area contributed by atoms with Crippen molar-refractivity contribution in [2.75, 3.05) is 0 Å². The lowest BCUT2D eigenvalue weighted by molar-refractivity contribution is -0.147. The van der Waals surface area contributed by atoms with Gasteiger partial charge in [-0.25, -0.2) is 0 Å². The lowest BCUT2D eigenvalue weighted by Gasteiger charge is -2.33. The monoisotopic (exact) mass is 232 g/mol. The van der Waals surface area contributed by atoms with Crippen LogP contribution in [0.15, 0.2) is 35.6 Å².